The van der Waals surface area contributed by atoms with Crippen molar-refractivity contribution in [2.24, 2.45) is 10.9 Å². The fourth-order valence-corrected chi connectivity index (χ4v) is 3.12. The Bertz CT molecular complexity index is 628. The van der Waals surface area contributed by atoms with Crippen LogP contribution in [-0.4, -0.2) is 57.3 Å². The number of guanidine groups is 1. The van der Waals surface area contributed by atoms with E-state index in [1.165, 1.54) is 6.07 Å². The molecule has 2 N–H and O–H groups in total. The lowest BCUT2D eigenvalue weighted by Gasteiger charge is -2.16. The molecular weight excluding hydrogens is 366 g/mol. The Morgan fingerprint density at radius 2 is 2.14 bits per heavy atom. The molecule has 1 saturated heterocycles. The van der Waals surface area contributed by atoms with E-state index in [1.807, 2.05) is 13.8 Å². The smallest absolute Gasteiger partial charge is 0.387 e. The third-order valence-corrected chi connectivity index (χ3v) is 4.53. The van der Waals surface area contributed by atoms with Gasteiger partial charge in [0.25, 0.3) is 0 Å². The standard InChI is InChI=1S/C20H32F2N4O2/c1-4-10-27-17-7-6-16(18(11-17)28-19(21)22)13-25-20(23-5-2)24-12-15-8-9-26(3)14-15/h6-7,11,15,19H,4-5,8-10,12-14H2,1-3H3,(H2,23,24,25). The van der Waals surface area contributed by atoms with Crippen LogP contribution in [0.25, 0.3) is 0 Å². The van der Waals surface area contributed by atoms with Crippen LogP contribution in [0.1, 0.15) is 32.3 Å². The first-order valence-corrected chi connectivity index (χ1v) is 9.93. The van der Waals surface area contributed by atoms with Gasteiger partial charge in [-0.1, -0.05) is 6.92 Å². The summed E-state index contributed by atoms with van der Waals surface area (Å²) in [4.78, 5) is 6.85. The van der Waals surface area contributed by atoms with E-state index in [1.54, 1.807) is 12.1 Å². The summed E-state index contributed by atoms with van der Waals surface area (Å²) in [6.07, 6.45) is 2.00. The van der Waals surface area contributed by atoms with Crippen LogP contribution in [0.3, 0.4) is 0 Å². The molecule has 0 aromatic heterocycles. The van der Waals surface area contributed by atoms with Gasteiger partial charge in [-0.3, -0.25) is 0 Å². The van der Waals surface area contributed by atoms with E-state index in [-0.39, 0.29) is 12.3 Å². The van der Waals surface area contributed by atoms with Crippen molar-refractivity contribution in [1.82, 2.24) is 15.5 Å². The van der Waals surface area contributed by atoms with Gasteiger partial charge in [0.15, 0.2) is 5.96 Å². The van der Waals surface area contributed by atoms with E-state index in [2.05, 4.69) is 32.3 Å². The highest BCUT2D eigenvalue weighted by atomic mass is 19.3. The third-order valence-electron chi connectivity index (χ3n) is 4.53. The molecule has 1 atom stereocenters. The number of likely N-dealkylation sites (tertiary alicyclic amines) is 1. The van der Waals surface area contributed by atoms with Gasteiger partial charge in [-0.25, -0.2) is 4.99 Å². The van der Waals surface area contributed by atoms with Gasteiger partial charge in [0, 0.05) is 31.3 Å². The second-order valence-corrected chi connectivity index (χ2v) is 6.99. The minimum absolute atomic E-state index is 0.0978. The summed E-state index contributed by atoms with van der Waals surface area (Å²) in [6, 6.07) is 4.98. The van der Waals surface area contributed by atoms with Crippen molar-refractivity contribution in [2.45, 2.75) is 39.8 Å². The summed E-state index contributed by atoms with van der Waals surface area (Å²) in [6.45, 7) is 5.58. The molecule has 1 aromatic rings. The molecule has 28 heavy (non-hydrogen) atoms. The normalized spacial score (nSPS) is 17.8. The molecule has 8 heteroatoms. The third kappa shape index (κ3) is 7.50. The monoisotopic (exact) mass is 398 g/mol. The summed E-state index contributed by atoms with van der Waals surface area (Å²) in [5.74, 6) is 1.87. The molecule has 0 radical (unpaired) electrons. The summed E-state index contributed by atoms with van der Waals surface area (Å²) in [5.41, 5.74) is 0.585. The lowest BCUT2D eigenvalue weighted by molar-refractivity contribution is -0.0505. The van der Waals surface area contributed by atoms with Gasteiger partial charge in [-0.15, -0.1) is 0 Å². The molecule has 2 rings (SSSR count). The van der Waals surface area contributed by atoms with Gasteiger partial charge in [0.1, 0.15) is 11.5 Å². The number of nitrogens with one attached hydrogen (secondary N) is 2. The molecule has 0 saturated carbocycles. The molecule has 6 nitrogen and oxygen atoms in total. The molecule has 1 fully saturated rings. The number of alkyl halides is 2. The van der Waals surface area contributed by atoms with Crippen molar-refractivity contribution in [1.29, 1.82) is 0 Å². The number of rotatable bonds is 10. The van der Waals surface area contributed by atoms with Crippen LogP contribution >= 0.6 is 0 Å². The SMILES string of the molecule is CCCOc1ccc(CN=C(NCC)NCC2CCN(C)C2)c(OC(F)F)c1. The average Bonchev–Trinajstić information content (AvgIpc) is 3.08. The summed E-state index contributed by atoms with van der Waals surface area (Å²) in [5, 5.41) is 6.55. The van der Waals surface area contributed by atoms with Crippen LogP contribution in [0.2, 0.25) is 0 Å². The average molecular weight is 398 g/mol. The second-order valence-electron chi connectivity index (χ2n) is 6.99. The van der Waals surface area contributed by atoms with Crippen molar-refractivity contribution in [3.63, 3.8) is 0 Å². The zero-order valence-corrected chi connectivity index (χ0v) is 17.0. The van der Waals surface area contributed by atoms with Crippen LogP contribution in [0.5, 0.6) is 11.5 Å². The van der Waals surface area contributed by atoms with Gasteiger partial charge < -0.3 is 25.0 Å². The van der Waals surface area contributed by atoms with Crippen LogP contribution in [-0.2, 0) is 6.54 Å². The summed E-state index contributed by atoms with van der Waals surface area (Å²) in [7, 11) is 2.12. The van der Waals surface area contributed by atoms with Crippen LogP contribution in [0.4, 0.5) is 8.78 Å². The molecule has 0 spiro atoms. The Morgan fingerprint density at radius 3 is 2.79 bits per heavy atom. The Balaban J connectivity index is 2.04. The maximum absolute atomic E-state index is 12.8. The first-order valence-electron chi connectivity index (χ1n) is 9.93. The van der Waals surface area contributed by atoms with Crippen LogP contribution < -0.4 is 20.1 Å². The molecule has 0 bridgehead atoms. The number of nitrogens with zero attached hydrogens (tertiary/aromatic N) is 2. The molecule has 0 amide bonds. The summed E-state index contributed by atoms with van der Waals surface area (Å²) >= 11 is 0. The van der Waals surface area contributed by atoms with Gasteiger partial charge in [0.05, 0.1) is 13.2 Å². The molecule has 1 aliphatic heterocycles. The molecule has 0 aliphatic carbocycles. The Labute approximate surface area is 166 Å². The Hall–Kier alpha value is -2.09. The van der Waals surface area contributed by atoms with Gasteiger partial charge in [-0.05, 0) is 51.4 Å². The second kappa shape index (κ2) is 11.7. The molecule has 1 aromatic carbocycles. The first kappa shape index (κ1) is 22.2. The van der Waals surface area contributed by atoms with Crippen molar-refractivity contribution < 1.29 is 18.3 Å². The fourth-order valence-electron chi connectivity index (χ4n) is 3.12. The largest absolute Gasteiger partial charge is 0.493 e. The fraction of sp³-hybridized carbons (Fsp3) is 0.650. The van der Waals surface area contributed by atoms with Gasteiger partial charge in [-0.2, -0.15) is 8.78 Å². The number of halogens is 2. The van der Waals surface area contributed by atoms with E-state index in [0.29, 0.717) is 29.8 Å². The number of ether oxygens (including phenoxy) is 2. The number of hydrogen-bond donors (Lipinski definition) is 2. The van der Waals surface area contributed by atoms with Crippen molar-refractivity contribution in [2.75, 3.05) is 39.8 Å². The van der Waals surface area contributed by atoms with Crippen LogP contribution in [0.15, 0.2) is 23.2 Å². The van der Waals surface area contributed by atoms with E-state index >= 15 is 0 Å². The minimum Gasteiger partial charge on any atom is -0.493 e. The van der Waals surface area contributed by atoms with Crippen molar-refractivity contribution >= 4 is 5.96 Å². The van der Waals surface area contributed by atoms with Crippen molar-refractivity contribution in [3.05, 3.63) is 23.8 Å². The first-order chi connectivity index (χ1) is 13.5. The Kier molecular flexibility index (Phi) is 9.27. The predicted octanol–water partition coefficient (Wildman–Crippen LogP) is 3.08. The maximum Gasteiger partial charge on any atom is 0.387 e. The summed E-state index contributed by atoms with van der Waals surface area (Å²) < 4.78 is 35.8. The van der Waals surface area contributed by atoms with Gasteiger partial charge >= 0.3 is 6.61 Å². The van der Waals surface area contributed by atoms with E-state index < -0.39 is 6.61 Å². The zero-order valence-electron chi connectivity index (χ0n) is 17.0. The molecule has 1 aliphatic rings. The number of benzene rings is 1. The maximum atomic E-state index is 12.8. The van der Waals surface area contributed by atoms with Crippen molar-refractivity contribution in [3.8, 4) is 11.5 Å². The molecule has 1 heterocycles. The molecule has 158 valence electrons. The molecular formula is C20H32F2N4O2. The number of aliphatic imine (C=N–C) groups is 1. The quantitative estimate of drug-likeness (QED) is 0.469. The lowest BCUT2D eigenvalue weighted by atomic mass is 10.1. The van der Waals surface area contributed by atoms with Gasteiger partial charge in [0.2, 0.25) is 0 Å². The Morgan fingerprint density at radius 1 is 1.32 bits per heavy atom. The van der Waals surface area contributed by atoms with E-state index in [4.69, 9.17) is 4.74 Å². The van der Waals surface area contributed by atoms with E-state index in [0.717, 1.165) is 39.0 Å². The highest BCUT2D eigenvalue weighted by Gasteiger charge is 2.19. The highest BCUT2D eigenvalue weighted by molar-refractivity contribution is 5.79. The lowest BCUT2D eigenvalue weighted by Crippen LogP contribution is -2.40. The highest BCUT2D eigenvalue weighted by Crippen LogP contribution is 2.27. The van der Waals surface area contributed by atoms with E-state index in [9.17, 15) is 8.78 Å². The van der Waals surface area contributed by atoms with Crippen LogP contribution in [0, 0.1) is 5.92 Å². The topological polar surface area (TPSA) is 58.1 Å². The molecule has 1 unspecified atom stereocenters. The number of hydrogen-bond acceptors (Lipinski definition) is 4. The minimum atomic E-state index is -2.89. The zero-order chi connectivity index (χ0) is 20.4. The predicted molar refractivity (Wildman–Crippen MR) is 107 cm³/mol.